The van der Waals surface area contributed by atoms with Crippen LogP contribution in [0.3, 0.4) is 0 Å². The van der Waals surface area contributed by atoms with E-state index in [1.54, 1.807) is 41.5 Å². The smallest absolute Gasteiger partial charge is 0.326 e. The second-order valence-corrected chi connectivity index (χ2v) is 23.1. The molecule has 31 heteroatoms. The lowest BCUT2D eigenvalue weighted by Crippen LogP contribution is -2.61. The summed E-state index contributed by atoms with van der Waals surface area (Å²) in [6, 6.07) is -8.96. The first kappa shape index (κ1) is 79.5. The molecule has 0 radical (unpaired) electrons. The van der Waals surface area contributed by atoms with Gasteiger partial charge in [0, 0.05) is 32.2 Å². The van der Waals surface area contributed by atoms with Crippen molar-refractivity contribution in [1.29, 1.82) is 0 Å². The second-order valence-electron chi connectivity index (χ2n) is 23.1. The van der Waals surface area contributed by atoms with Gasteiger partial charge in [0.15, 0.2) is 5.96 Å². The lowest BCUT2D eigenvalue weighted by molar-refractivity contribution is -0.143. The van der Waals surface area contributed by atoms with E-state index in [9.17, 15) is 87.9 Å². The average Bonchev–Trinajstić information content (AvgIpc) is 1.70. The number of carbonyl (C=O) groups excluding carboxylic acids is 9. The van der Waals surface area contributed by atoms with E-state index in [2.05, 4.69) is 52.8 Å². The van der Waals surface area contributed by atoms with E-state index in [0.29, 0.717) is 24.7 Å². The Morgan fingerprint density at radius 1 is 0.544 bits per heavy atom. The molecule has 12 atom stereocenters. The number of carboxylic acids is 4. The summed E-state index contributed by atoms with van der Waals surface area (Å²) in [5, 5.41) is 81.3. The quantitative estimate of drug-likeness (QED) is 0.0164. The summed E-state index contributed by atoms with van der Waals surface area (Å²) in [4.78, 5) is 174. The van der Waals surface area contributed by atoms with Crippen molar-refractivity contribution in [3.05, 3.63) is 29.8 Å². The maximum atomic E-state index is 14.2. The van der Waals surface area contributed by atoms with Crippen LogP contribution in [0.15, 0.2) is 29.3 Å². The first-order valence-corrected chi connectivity index (χ1v) is 30.3. The minimum atomic E-state index is -2.01. The minimum Gasteiger partial charge on any atom is -0.508 e. The SMILES string of the molecule is CCCCCC(O)C(CC=O)NC(N)=NCCC[C@H](NC(=O)[C@@H](N)CCC(=O)O)C(=O)N[C@@H](CCC(=O)O)C(=O)N[C@@H](CC(=O)O)C(=O)N[C@@H](CC(C)C)C(=O)N[C@H](C(=O)N[C@@H](C)C(=O)N[C@@H](Cc1ccc(O)cc1)C(=O)N[C@@H](CC(C)C)C(=O)O)[C@@H](C)CC. The number of aliphatic hydroxyl groups is 1. The zero-order valence-electron chi connectivity index (χ0n) is 52.6. The Bertz CT molecular complexity index is 2590. The fourth-order valence-corrected chi connectivity index (χ4v) is 9.01. The third-order valence-electron chi connectivity index (χ3n) is 14.3. The lowest BCUT2D eigenvalue weighted by Gasteiger charge is -2.29. The number of nitrogens with zero attached hydrogens (tertiary/aromatic N) is 1. The van der Waals surface area contributed by atoms with Gasteiger partial charge in [0.25, 0.3) is 0 Å². The molecule has 19 N–H and O–H groups in total. The van der Waals surface area contributed by atoms with Crippen LogP contribution in [0.1, 0.15) is 157 Å². The molecule has 0 aliphatic rings. The summed E-state index contributed by atoms with van der Waals surface area (Å²) < 4.78 is 0. The lowest BCUT2D eigenvalue weighted by atomic mass is 9.96. The summed E-state index contributed by atoms with van der Waals surface area (Å²) >= 11 is 0. The van der Waals surface area contributed by atoms with Crippen LogP contribution in [0.2, 0.25) is 0 Å². The molecule has 0 fully saturated rings. The predicted octanol–water partition coefficient (Wildman–Crippen LogP) is -0.829. The molecule has 0 aromatic heterocycles. The van der Waals surface area contributed by atoms with Gasteiger partial charge in [0.05, 0.1) is 24.6 Å². The third-order valence-corrected chi connectivity index (χ3v) is 14.3. The van der Waals surface area contributed by atoms with Crippen LogP contribution in [0.4, 0.5) is 0 Å². The third kappa shape index (κ3) is 31.6. The first-order valence-electron chi connectivity index (χ1n) is 30.3. The molecule has 8 amide bonds. The molecule has 0 saturated carbocycles. The molecule has 31 nitrogen and oxygen atoms in total. The van der Waals surface area contributed by atoms with E-state index in [1.807, 2.05) is 6.92 Å². The number of nitrogens with two attached hydrogens (primary N) is 2. The number of rotatable bonds is 45. The van der Waals surface area contributed by atoms with Gasteiger partial charge in [-0.15, -0.1) is 0 Å². The Balaban J connectivity index is 3.52. The van der Waals surface area contributed by atoms with Crippen molar-refractivity contribution in [1.82, 2.24) is 47.9 Å². The highest BCUT2D eigenvalue weighted by atomic mass is 16.4. The van der Waals surface area contributed by atoms with Gasteiger partial charge in [-0.1, -0.05) is 86.3 Å². The molecule has 1 rings (SSSR count). The number of aliphatic carboxylic acids is 4. The molecule has 0 bridgehead atoms. The number of aromatic hydroxyl groups is 1. The zero-order chi connectivity index (χ0) is 68.4. The van der Waals surface area contributed by atoms with Crippen molar-refractivity contribution in [3.8, 4) is 5.75 Å². The van der Waals surface area contributed by atoms with Gasteiger partial charge in [-0.25, -0.2) is 4.79 Å². The Morgan fingerprint density at radius 3 is 1.59 bits per heavy atom. The van der Waals surface area contributed by atoms with E-state index in [-0.39, 0.29) is 81.5 Å². The molecule has 0 aliphatic heterocycles. The molecule has 506 valence electrons. The van der Waals surface area contributed by atoms with Crippen LogP contribution in [0, 0.1) is 17.8 Å². The molecule has 1 aromatic carbocycles. The van der Waals surface area contributed by atoms with Crippen LogP contribution in [-0.2, 0) is 68.7 Å². The van der Waals surface area contributed by atoms with E-state index in [4.69, 9.17) is 16.6 Å². The van der Waals surface area contributed by atoms with Gasteiger partial charge in [-0.2, -0.15) is 0 Å². The number of guanidine groups is 1. The summed E-state index contributed by atoms with van der Waals surface area (Å²) in [5.74, 6) is -15.3. The standard InChI is InChI=1S/C59H96N12O19/c1-9-11-12-15-45(74)38(24-26-72)70-59(61)62-25-13-14-39(64-51(82)37(60)20-22-46(75)76)52(83)65-40(21-23-47(77)78)53(84)68-43(30-48(79)80)55(86)67-41(27-31(3)4)56(87)71-49(33(7)10-2)57(88)63-34(8)50(81)66-42(29-35-16-18-36(73)19-17-35)54(85)69-44(58(89)90)28-32(5)6/h16-19,26,31-34,37-45,49,73-74H,9-15,20-25,27-30,60H2,1-8H3,(H,63,88)(H,64,82)(H,65,83)(H,66,81)(H,67,86)(H,68,84)(H,69,85)(H,71,87)(H,75,76)(H,77,78)(H,79,80)(H,89,90)(H3,61,62,70)/t33-,34-,37-,38?,39-,40-,41-,42-,43-,44-,45?,49-/m0/s1. The molecule has 2 unspecified atom stereocenters. The molecule has 90 heavy (non-hydrogen) atoms. The average molecular weight is 1280 g/mol. The number of hydrogen-bond acceptors (Lipinski definition) is 17. The number of hydrogen-bond donors (Lipinski definition) is 17. The van der Waals surface area contributed by atoms with Crippen molar-refractivity contribution in [2.24, 2.45) is 34.2 Å². The Kier molecular flexibility index (Phi) is 36.8. The molecule has 0 spiro atoms. The number of benzene rings is 1. The van der Waals surface area contributed by atoms with Crippen LogP contribution in [0.25, 0.3) is 0 Å². The number of phenols is 1. The van der Waals surface area contributed by atoms with Crippen molar-refractivity contribution >= 4 is 83.4 Å². The van der Waals surface area contributed by atoms with E-state index in [1.165, 1.54) is 31.2 Å². The van der Waals surface area contributed by atoms with Crippen molar-refractivity contribution in [2.45, 2.75) is 225 Å². The molecular formula is C59H96N12O19. The monoisotopic (exact) mass is 1280 g/mol. The van der Waals surface area contributed by atoms with Crippen LogP contribution >= 0.6 is 0 Å². The fraction of sp³-hybridized carbons (Fsp3) is 0.661. The maximum Gasteiger partial charge on any atom is 0.326 e. The highest BCUT2D eigenvalue weighted by molar-refractivity contribution is 5.99. The van der Waals surface area contributed by atoms with Crippen LogP contribution < -0.4 is 59.3 Å². The largest absolute Gasteiger partial charge is 0.508 e. The number of carboxylic acid groups (broad SMARTS) is 4. The molecule has 0 saturated heterocycles. The number of aliphatic hydroxyl groups excluding tert-OH is 1. The number of aliphatic imine (C=N–C) groups is 1. The summed E-state index contributed by atoms with van der Waals surface area (Å²) in [7, 11) is 0. The van der Waals surface area contributed by atoms with Crippen molar-refractivity contribution in [2.75, 3.05) is 6.54 Å². The van der Waals surface area contributed by atoms with Crippen molar-refractivity contribution in [3.63, 3.8) is 0 Å². The van der Waals surface area contributed by atoms with Crippen LogP contribution in [0.5, 0.6) is 5.75 Å². The van der Waals surface area contributed by atoms with Crippen molar-refractivity contribution < 1.29 is 93.0 Å². The van der Waals surface area contributed by atoms with Gasteiger partial charge in [-0.3, -0.25) is 57.7 Å². The molecule has 0 heterocycles. The number of aldehydes is 1. The van der Waals surface area contributed by atoms with Crippen LogP contribution in [-0.4, -0.2) is 187 Å². The topological polar surface area (TPSA) is 516 Å². The zero-order valence-corrected chi connectivity index (χ0v) is 52.6. The molecular weight excluding hydrogens is 1180 g/mol. The Labute approximate surface area is 523 Å². The second kappa shape index (κ2) is 41.7. The molecule has 1 aromatic rings. The maximum absolute atomic E-state index is 14.2. The van der Waals surface area contributed by atoms with Gasteiger partial charge in [-0.05, 0) is 87.3 Å². The van der Waals surface area contributed by atoms with Gasteiger partial charge in [0.2, 0.25) is 47.3 Å². The Morgan fingerprint density at radius 2 is 1.04 bits per heavy atom. The highest BCUT2D eigenvalue weighted by Gasteiger charge is 2.37. The minimum absolute atomic E-state index is 0.0248. The summed E-state index contributed by atoms with van der Waals surface area (Å²) in [6.45, 7) is 13.3. The van der Waals surface area contributed by atoms with Gasteiger partial charge in [0.1, 0.15) is 60.4 Å². The number of carbonyl (C=O) groups is 13. The number of unbranched alkanes of at least 4 members (excludes halogenated alkanes) is 2. The first-order chi connectivity index (χ1) is 42.2. The van der Waals surface area contributed by atoms with E-state index >= 15 is 0 Å². The summed E-state index contributed by atoms with van der Waals surface area (Å²) in [5.41, 5.74) is 12.5. The van der Waals surface area contributed by atoms with E-state index in [0.717, 1.165) is 12.8 Å². The number of nitrogens with one attached hydrogen (secondary N) is 9. The predicted molar refractivity (Wildman–Crippen MR) is 326 cm³/mol. The van der Waals surface area contributed by atoms with E-state index < -0.39 is 169 Å². The fourth-order valence-electron chi connectivity index (χ4n) is 9.01. The van der Waals surface area contributed by atoms with Gasteiger partial charge < -0.3 is 94.8 Å². The summed E-state index contributed by atoms with van der Waals surface area (Å²) in [6.07, 6.45) is -1.31. The number of amides is 8. The normalized spacial score (nSPS) is 15.4. The molecule has 0 aliphatic carbocycles. The Hall–Kier alpha value is -8.48. The highest BCUT2D eigenvalue weighted by Crippen LogP contribution is 2.16. The number of phenolic OH excluding ortho intramolecular Hbond substituents is 1. The van der Waals surface area contributed by atoms with Gasteiger partial charge >= 0.3 is 23.9 Å².